The van der Waals surface area contributed by atoms with Gasteiger partial charge in [0.1, 0.15) is 6.61 Å². The van der Waals surface area contributed by atoms with Gasteiger partial charge in [0, 0.05) is 25.9 Å². The van der Waals surface area contributed by atoms with Crippen molar-refractivity contribution in [2.24, 2.45) is 7.05 Å². The van der Waals surface area contributed by atoms with Crippen molar-refractivity contribution in [2.75, 3.05) is 18.9 Å². The van der Waals surface area contributed by atoms with Gasteiger partial charge in [0.05, 0.1) is 21.1 Å². The Bertz CT molecular complexity index is 1020. The third kappa shape index (κ3) is 6.98. The molecule has 0 bridgehead atoms. The zero-order valence-corrected chi connectivity index (χ0v) is 21.0. The largest absolute Gasteiger partial charge is 0.490 e. The van der Waals surface area contributed by atoms with Crippen molar-refractivity contribution >= 4 is 50.9 Å². The van der Waals surface area contributed by atoms with Crippen molar-refractivity contribution in [2.45, 2.75) is 25.2 Å². The van der Waals surface area contributed by atoms with E-state index >= 15 is 0 Å². The molecule has 0 unspecified atom stereocenters. The molecule has 31 heavy (non-hydrogen) atoms. The summed E-state index contributed by atoms with van der Waals surface area (Å²) in [5.74, 6) is 2.20. The van der Waals surface area contributed by atoms with Gasteiger partial charge in [-0.15, -0.1) is 5.10 Å². The third-order valence-corrected chi connectivity index (χ3v) is 6.50. The zero-order chi connectivity index (χ0) is 22.2. The Kier molecular flexibility index (Phi) is 9.28. The van der Waals surface area contributed by atoms with Gasteiger partial charge in [0.2, 0.25) is 5.16 Å². The van der Waals surface area contributed by atoms with Crippen LogP contribution in [0.4, 0.5) is 0 Å². The zero-order valence-electron chi connectivity index (χ0n) is 17.1. The van der Waals surface area contributed by atoms with Gasteiger partial charge in [0.15, 0.2) is 11.5 Å². The minimum absolute atomic E-state index is 0.348. The predicted octanol–water partition coefficient (Wildman–Crippen LogP) is 5.14. The summed E-state index contributed by atoms with van der Waals surface area (Å²) < 4.78 is 14.3. The molecule has 11 heteroatoms. The molecule has 0 atom stereocenters. The molecule has 1 aromatic heterocycles. The van der Waals surface area contributed by atoms with Gasteiger partial charge in [-0.25, -0.2) is 4.68 Å². The van der Waals surface area contributed by atoms with Crippen LogP contribution in [0.15, 0.2) is 40.0 Å². The topological polar surface area (TPSA) is 74.1 Å². The lowest BCUT2D eigenvalue weighted by atomic mass is 10.2. The van der Waals surface area contributed by atoms with Crippen LogP contribution in [-0.4, -0.2) is 39.1 Å². The number of halogens is 3. The smallest absolute Gasteiger partial charge is 0.209 e. The van der Waals surface area contributed by atoms with Crippen LogP contribution in [0.3, 0.4) is 0 Å². The van der Waals surface area contributed by atoms with Crippen molar-refractivity contribution in [1.82, 2.24) is 25.5 Å². The Labute approximate surface area is 203 Å². The summed E-state index contributed by atoms with van der Waals surface area (Å²) in [6.45, 7) is 4.34. The molecule has 7 nitrogen and oxygen atoms in total. The van der Waals surface area contributed by atoms with Gasteiger partial charge >= 0.3 is 0 Å². The molecule has 0 spiro atoms. The Balaban J connectivity index is 1.58. The quantitative estimate of drug-likeness (QED) is 0.263. The van der Waals surface area contributed by atoms with E-state index < -0.39 is 0 Å². The molecule has 2 aromatic carbocycles. The summed E-state index contributed by atoms with van der Waals surface area (Å²) in [5, 5.41) is 16.7. The fourth-order valence-electron chi connectivity index (χ4n) is 2.70. The highest BCUT2D eigenvalue weighted by atomic mass is 79.9. The average molecular weight is 547 g/mol. The number of nitrogens with one attached hydrogen (secondary N) is 1. The first kappa shape index (κ1) is 24.1. The third-order valence-electron chi connectivity index (χ3n) is 4.16. The Morgan fingerprint density at radius 2 is 1.97 bits per heavy atom. The summed E-state index contributed by atoms with van der Waals surface area (Å²) >= 11 is 17.3. The maximum absolute atomic E-state index is 6.10. The van der Waals surface area contributed by atoms with E-state index in [1.807, 2.05) is 32.2 Å². The summed E-state index contributed by atoms with van der Waals surface area (Å²) in [5.41, 5.74) is 2.01. The fourth-order valence-corrected chi connectivity index (χ4v) is 4.37. The molecule has 0 aliphatic carbocycles. The SMILES string of the molecule is CCOc1cc(CNCCSc2nnnn2C)cc(Br)c1OCc1ccc(Cl)c(Cl)c1. The monoisotopic (exact) mass is 545 g/mol. The highest BCUT2D eigenvalue weighted by molar-refractivity contribution is 9.10. The predicted molar refractivity (Wildman–Crippen MR) is 127 cm³/mol. The van der Waals surface area contributed by atoms with Crippen LogP contribution in [0.1, 0.15) is 18.1 Å². The maximum Gasteiger partial charge on any atom is 0.209 e. The second-order valence-corrected chi connectivity index (χ2v) is 9.22. The minimum atomic E-state index is 0.348. The van der Waals surface area contributed by atoms with Gasteiger partial charge < -0.3 is 14.8 Å². The maximum atomic E-state index is 6.10. The summed E-state index contributed by atoms with van der Waals surface area (Å²) in [7, 11) is 1.83. The molecule has 0 aliphatic heterocycles. The average Bonchev–Trinajstić information content (AvgIpc) is 3.14. The molecule has 3 aromatic rings. The molecular formula is C20H22BrCl2N5O2S. The van der Waals surface area contributed by atoms with E-state index in [1.165, 1.54) is 0 Å². The first-order valence-electron chi connectivity index (χ1n) is 9.55. The van der Waals surface area contributed by atoms with Crippen molar-refractivity contribution in [3.8, 4) is 11.5 Å². The molecule has 166 valence electrons. The Morgan fingerprint density at radius 3 is 2.68 bits per heavy atom. The van der Waals surface area contributed by atoms with E-state index in [9.17, 15) is 0 Å². The van der Waals surface area contributed by atoms with Gasteiger partial charge in [-0.3, -0.25) is 0 Å². The van der Waals surface area contributed by atoms with Crippen LogP contribution in [0, 0.1) is 0 Å². The standard InChI is InChI=1S/C20H22BrCl2N5O2S/c1-3-29-18-10-14(11-24-6-7-31-20-25-26-27-28(20)2)8-15(21)19(18)30-12-13-4-5-16(22)17(23)9-13/h4-5,8-10,24H,3,6-7,11-12H2,1-2H3. The molecule has 0 saturated carbocycles. The lowest BCUT2D eigenvalue weighted by molar-refractivity contribution is 0.267. The molecule has 0 radical (unpaired) electrons. The Morgan fingerprint density at radius 1 is 1.13 bits per heavy atom. The fraction of sp³-hybridized carbons (Fsp3) is 0.350. The highest BCUT2D eigenvalue weighted by Gasteiger charge is 2.13. The van der Waals surface area contributed by atoms with E-state index in [0.29, 0.717) is 41.3 Å². The van der Waals surface area contributed by atoms with Gasteiger partial charge in [-0.05, 0) is 68.7 Å². The lowest BCUT2D eigenvalue weighted by Crippen LogP contribution is -2.17. The summed E-state index contributed by atoms with van der Waals surface area (Å²) in [6.07, 6.45) is 0. The van der Waals surface area contributed by atoms with Crippen molar-refractivity contribution in [3.05, 3.63) is 56.0 Å². The second-order valence-electron chi connectivity index (χ2n) is 6.49. The van der Waals surface area contributed by atoms with Crippen LogP contribution >= 0.6 is 50.9 Å². The molecule has 0 saturated heterocycles. The van der Waals surface area contributed by atoms with Crippen molar-refractivity contribution in [1.29, 1.82) is 0 Å². The van der Waals surface area contributed by atoms with Gasteiger partial charge in [-0.2, -0.15) is 0 Å². The molecule has 1 heterocycles. The van der Waals surface area contributed by atoms with Gasteiger partial charge in [-0.1, -0.05) is 41.0 Å². The normalized spacial score (nSPS) is 11.0. The number of rotatable bonds is 11. The van der Waals surface area contributed by atoms with Gasteiger partial charge in [0.25, 0.3) is 0 Å². The number of aromatic nitrogens is 4. The van der Waals surface area contributed by atoms with Crippen LogP contribution in [-0.2, 0) is 20.2 Å². The molecular weight excluding hydrogens is 525 g/mol. The van der Waals surface area contributed by atoms with E-state index in [0.717, 1.165) is 33.1 Å². The Hall–Kier alpha value is -1.52. The number of tetrazole rings is 1. The van der Waals surface area contributed by atoms with Crippen molar-refractivity contribution < 1.29 is 9.47 Å². The minimum Gasteiger partial charge on any atom is -0.490 e. The molecule has 1 N–H and O–H groups in total. The highest BCUT2D eigenvalue weighted by Crippen LogP contribution is 2.37. The van der Waals surface area contributed by atoms with Crippen molar-refractivity contribution in [3.63, 3.8) is 0 Å². The van der Waals surface area contributed by atoms with Crippen LogP contribution in [0.2, 0.25) is 10.0 Å². The van der Waals surface area contributed by atoms with E-state index in [-0.39, 0.29) is 0 Å². The molecule has 0 amide bonds. The first-order chi connectivity index (χ1) is 15.0. The summed E-state index contributed by atoms with van der Waals surface area (Å²) in [6, 6.07) is 9.46. The second kappa shape index (κ2) is 11.9. The summed E-state index contributed by atoms with van der Waals surface area (Å²) in [4.78, 5) is 0. The number of thioether (sulfide) groups is 1. The van der Waals surface area contributed by atoms with Crippen LogP contribution in [0.25, 0.3) is 0 Å². The molecule has 0 fully saturated rings. The van der Waals surface area contributed by atoms with Crippen LogP contribution < -0.4 is 14.8 Å². The molecule has 3 rings (SSSR count). The number of ether oxygens (including phenoxy) is 2. The number of benzene rings is 2. The van der Waals surface area contributed by atoms with E-state index in [2.05, 4.69) is 36.8 Å². The van der Waals surface area contributed by atoms with E-state index in [1.54, 1.807) is 28.6 Å². The van der Waals surface area contributed by atoms with E-state index in [4.69, 9.17) is 32.7 Å². The first-order valence-corrected chi connectivity index (χ1v) is 12.1. The van der Waals surface area contributed by atoms with Crippen LogP contribution in [0.5, 0.6) is 11.5 Å². The molecule has 0 aliphatic rings. The number of aryl methyl sites for hydroxylation is 1. The lowest BCUT2D eigenvalue weighted by Gasteiger charge is -2.16. The number of hydrogen-bond acceptors (Lipinski definition) is 7. The number of nitrogens with zero attached hydrogens (tertiary/aromatic N) is 4. The number of hydrogen-bond donors (Lipinski definition) is 1.